The Hall–Kier alpha value is -1.30. The van der Waals surface area contributed by atoms with Gasteiger partial charge >= 0.3 is 12.0 Å². The molecule has 1 saturated carbocycles. The summed E-state index contributed by atoms with van der Waals surface area (Å²) in [5.41, 5.74) is 0.143. The van der Waals surface area contributed by atoms with Crippen LogP contribution in [0.4, 0.5) is 4.79 Å². The molecule has 1 unspecified atom stereocenters. The number of carboxylic acids is 1. The summed E-state index contributed by atoms with van der Waals surface area (Å²) >= 11 is 0. The molecule has 0 aromatic rings. The van der Waals surface area contributed by atoms with Gasteiger partial charge in [0, 0.05) is 33.4 Å². The number of carbonyl (C=O) groups is 2. The highest BCUT2D eigenvalue weighted by atomic mass is 16.5. The van der Waals surface area contributed by atoms with Crippen LogP contribution in [0, 0.1) is 11.3 Å². The van der Waals surface area contributed by atoms with Crippen LogP contribution in [-0.4, -0.2) is 55.4 Å². The molecule has 0 aromatic heterocycles. The third-order valence-corrected chi connectivity index (χ3v) is 4.58. The summed E-state index contributed by atoms with van der Waals surface area (Å²) in [6.45, 7) is 5.91. The standard InChI is InChI=1S/C16H30N2O4/c1-4-22-10-9-16(7-5-6-8-16)12-17-15(21)18(3)11-13(2)14(19)20/h13H,4-12H2,1-3H3,(H,17,21)(H,19,20). The third kappa shape index (κ3) is 5.83. The quantitative estimate of drug-likeness (QED) is 0.640. The molecule has 2 amide bonds. The summed E-state index contributed by atoms with van der Waals surface area (Å²) in [5, 5.41) is 11.9. The fourth-order valence-corrected chi connectivity index (χ4v) is 3.04. The predicted molar refractivity (Wildman–Crippen MR) is 84.8 cm³/mol. The Bertz CT molecular complexity index is 367. The second kappa shape index (κ2) is 8.98. The summed E-state index contributed by atoms with van der Waals surface area (Å²) in [5.74, 6) is -1.45. The molecule has 6 heteroatoms. The van der Waals surface area contributed by atoms with Gasteiger partial charge in [-0.25, -0.2) is 4.79 Å². The molecular weight excluding hydrogens is 284 g/mol. The first kappa shape index (κ1) is 18.7. The zero-order valence-corrected chi connectivity index (χ0v) is 14.1. The molecule has 1 atom stereocenters. The summed E-state index contributed by atoms with van der Waals surface area (Å²) in [6, 6.07) is -0.198. The minimum atomic E-state index is -0.886. The number of carboxylic acid groups (broad SMARTS) is 1. The fourth-order valence-electron chi connectivity index (χ4n) is 3.04. The van der Waals surface area contributed by atoms with Gasteiger partial charge in [0.15, 0.2) is 0 Å². The normalized spacial score (nSPS) is 18.0. The van der Waals surface area contributed by atoms with E-state index in [2.05, 4.69) is 5.32 Å². The number of nitrogens with one attached hydrogen (secondary N) is 1. The zero-order chi connectivity index (χ0) is 16.6. The first-order valence-corrected chi connectivity index (χ1v) is 8.20. The van der Waals surface area contributed by atoms with E-state index in [1.165, 1.54) is 17.7 Å². The van der Waals surface area contributed by atoms with E-state index in [9.17, 15) is 9.59 Å². The number of hydrogen-bond acceptors (Lipinski definition) is 3. The van der Waals surface area contributed by atoms with E-state index in [1.807, 2.05) is 6.92 Å². The smallest absolute Gasteiger partial charge is 0.317 e. The van der Waals surface area contributed by atoms with Crippen LogP contribution in [0.3, 0.4) is 0 Å². The fraction of sp³-hybridized carbons (Fsp3) is 0.875. The van der Waals surface area contributed by atoms with Crippen LogP contribution in [0.2, 0.25) is 0 Å². The van der Waals surface area contributed by atoms with Gasteiger partial charge in [-0.15, -0.1) is 0 Å². The molecule has 0 spiro atoms. The molecule has 0 saturated heterocycles. The summed E-state index contributed by atoms with van der Waals surface area (Å²) < 4.78 is 5.47. The van der Waals surface area contributed by atoms with Crippen molar-refractivity contribution in [2.75, 3.05) is 33.4 Å². The van der Waals surface area contributed by atoms with Crippen molar-refractivity contribution in [1.82, 2.24) is 10.2 Å². The Morgan fingerprint density at radius 3 is 2.55 bits per heavy atom. The number of aliphatic carboxylic acids is 1. The average molecular weight is 314 g/mol. The lowest BCUT2D eigenvalue weighted by molar-refractivity contribution is -0.141. The molecule has 2 N–H and O–H groups in total. The number of urea groups is 1. The maximum atomic E-state index is 12.1. The maximum absolute atomic E-state index is 12.1. The first-order valence-electron chi connectivity index (χ1n) is 8.20. The van der Waals surface area contributed by atoms with Crippen LogP contribution >= 0.6 is 0 Å². The maximum Gasteiger partial charge on any atom is 0.317 e. The van der Waals surface area contributed by atoms with E-state index in [4.69, 9.17) is 9.84 Å². The highest BCUT2D eigenvalue weighted by Gasteiger charge is 2.34. The van der Waals surface area contributed by atoms with Gasteiger partial charge in [-0.2, -0.15) is 0 Å². The lowest BCUT2D eigenvalue weighted by Crippen LogP contribution is -2.45. The van der Waals surface area contributed by atoms with E-state index in [0.29, 0.717) is 6.54 Å². The highest BCUT2D eigenvalue weighted by molar-refractivity contribution is 5.75. The molecule has 1 rings (SSSR count). The number of amides is 2. The van der Waals surface area contributed by atoms with Gasteiger partial charge in [-0.05, 0) is 31.6 Å². The van der Waals surface area contributed by atoms with Crippen molar-refractivity contribution in [3.63, 3.8) is 0 Å². The lowest BCUT2D eigenvalue weighted by Gasteiger charge is -2.30. The molecule has 0 aliphatic heterocycles. The number of rotatable bonds is 9. The molecule has 1 fully saturated rings. The Kier molecular flexibility index (Phi) is 7.65. The largest absolute Gasteiger partial charge is 0.481 e. The van der Waals surface area contributed by atoms with Crippen molar-refractivity contribution in [3.8, 4) is 0 Å². The molecule has 0 bridgehead atoms. The van der Waals surface area contributed by atoms with Crippen LogP contribution in [0.5, 0.6) is 0 Å². The second-order valence-corrected chi connectivity index (χ2v) is 6.43. The van der Waals surface area contributed by atoms with Crippen LogP contribution in [0.15, 0.2) is 0 Å². The van der Waals surface area contributed by atoms with Gasteiger partial charge in [0.2, 0.25) is 0 Å². The number of nitrogens with zero attached hydrogens (tertiary/aromatic N) is 1. The SMILES string of the molecule is CCOCCC1(CNC(=O)N(C)CC(C)C(=O)O)CCCC1. The van der Waals surface area contributed by atoms with Gasteiger partial charge in [0.1, 0.15) is 0 Å². The van der Waals surface area contributed by atoms with E-state index in [-0.39, 0.29) is 18.0 Å². The summed E-state index contributed by atoms with van der Waals surface area (Å²) in [4.78, 5) is 24.4. The molecule has 1 aliphatic carbocycles. The number of ether oxygens (including phenoxy) is 1. The topological polar surface area (TPSA) is 78.9 Å². The first-order chi connectivity index (χ1) is 10.4. The van der Waals surface area contributed by atoms with Crippen molar-refractivity contribution in [2.24, 2.45) is 11.3 Å². The minimum Gasteiger partial charge on any atom is -0.481 e. The summed E-state index contributed by atoms with van der Waals surface area (Å²) in [6.07, 6.45) is 5.61. The van der Waals surface area contributed by atoms with Gasteiger partial charge < -0.3 is 20.1 Å². The molecule has 0 aromatic carbocycles. The van der Waals surface area contributed by atoms with Crippen LogP contribution in [-0.2, 0) is 9.53 Å². The Morgan fingerprint density at radius 1 is 1.36 bits per heavy atom. The Balaban J connectivity index is 2.43. The predicted octanol–water partition coefficient (Wildman–Crippen LogP) is 2.34. The monoisotopic (exact) mass is 314 g/mol. The Labute approximate surface area is 133 Å². The van der Waals surface area contributed by atoms with E-state index >= 15 is 0 Å². The molecule has 6 nitrogen and oxygen atoms in total. The van der Waals surface area contributed by atoms with Crippen molar-refractivity contribution in [1.29, 1.82) is 0 Å². The van der Waals surface area contributed by atoms with Crippen LogP contribution in [0.25, 0.3) is 0 Å². The molecular formula is C16H30N2O4. The molecule has 1 aliphatic rings. The van der Waals surface area contributed by atoms with Crippen molar-refractivity contribution in [2.45, 2.75) is 46.0 Å². The third-order valence-electron chi connectivity index (χ3n) is 4.58. The van der Waals surface area contributed by atoms with E-state index in [0.717, 1.165) is 32.5 Å². The van der Waals surface area contributed by atoms with Crippen molar-refractivity contribution in [3.05, 3.63) is 0 Å². The molecule has 22 heavy (non-hydrogen) atoms. The molecule has 0 heterocycles. The number of hydrogen-bond donors (Lipinski definition) is 2. The highest BCUT2D eigenvalue weighted by Crippen LogP contribution is 2.40. The van der Waals surface area contributed by atoms with Gasteiger partial charge in [-0.1, -0.05) is 19.8 Å². The van der Waals surface area contributed by atoms with Gasteiger partial charge in [0.05, 0.1) is 5.92 Å². The van der Waals surface area contributed by atoms with Crippen LogP contribution in [0.1, 0.15) is 46.0 Å². The summed E-state index contributed by atoms with van der Waals surface area (Å²) in [7, 11) is 1.64. The van der Waals surface area contributed by atoms with Gasteiger partial charge in [0.25, 0.3) is 0 Å². The Morgan fingerprint density at radius 2 is 2.00 bits per heavy atom. The number of carbonyl (C=O) groups excluding carboxylic acids is 1. The average Bonchev–Trinajstić information content (AvgIpc) is 2.94. The van der Waals surface area contributed by atoms with Crippen molar-refractivity contribution < 1.29 is 19.4 Å². The van der Waals surface area contributed by atoms with Crippen molar-refractivity contribution >= 4 is 12.0 Å². The molecule has 128 valence electrons. The second-order valence-electron chi connectivity index (χ2n) is 6.43. The lowest BCUT2D eigenvalue weighted by atomic mass is 9.83. The van der Waals surface area contributed by atoms with E-state index < -0.39 is 11.9 Å². The zero-order valence-electron chi connectivity index (χ0n) is 14.1. The molecule has 0 radical (unpaired) electrons. The van der Waals surface area contributed by atoms with Crippen LogP contribution < -0.4 is 5.32 Å². The van der Waals surface area contributed by atoms with Gasteiger partial charge in [-0.3, -0.25) is 4.79 Å². The minimum absolute atomic E-state index is 0.143. The van der Waals surface area contributed by atoms with E-state index in [1.54, 1.807) is 14.0 Å².